The Labute approximate surface area is 134 Å². The maximum atomic E-state index is 13.4. The molecule has 0 unspecified atom stereocenters. The Kier molecular flexibility index (Phi) is 4.77. The van der Waals surface area contributed by atoms with Gasteiger partial charge in [-0.05, 0) is 24.1 Å². The summed E-state index contributed by atoms with van der Waals surface area (Å²) in [6.07, 6.45) is 4.50. The zero-order valence-electron chi connectivity index (χ0n) is 12.7. The minimum absolute atomic E-state index is 0.195. The van der Waals surface area contributed by atoms with Crippen molar-refractivity contribution in [1.29, 1.82) is 0 Å². The Morgan fingerprint density at radius 3 is 3.04 bits per heavy atom. The van der Waals surface area contributed by atoms with Gasteiger partial charge in [0.25, 0.3) is 0 Å². The fraction of sp³-hybridized carbons (Fsp3) is 0.312. The van der Waals surface area contributed by atoms with Gasteiger partial charge in [-0.2, -0.15) is 4.98 Å². The molecular formula is C16H19FN6. The van der Waals surface area contributed by atoms with Crippen LogP contribution in [0.1, 0.15) is 6.42 Å². The van der Waals surface area contributed by atoms with E-state index >= 15 is 0 Å². The Hall–Kier alpha value is -2.54. The predicted octanol–water partition coefficient (Wildman–Crippen LogP) is 2.01. The van der Waals surface area contributed by atoms with Crippen molar-refractivity contribution in [3.05, 3.63) is 36.3 Å². The second-order valence-corrected chi connectivity index (χ2v) is 5.36. The van der Waals surface area contributed by atoms with Crippen molar-refractivity contribution in [3.8, 4) is 11.1 Å². The van der Waals surface area contributed by atoms with Crippen LogP contribution in [0.5, 0.6) is 0 Å². The van der Waals surface area contributed by atoms with Crippen LogP contribution in [-0.4, -0.2) is 47.4 Å². The quantitative estimate of drug-likeness (QED) is 0.797. The molecule has 0 amide bonds. The third-order valence-electron chi connectivity index (χ3n) is 3.64. The van der Waals surface area contributed by atoms with E-state index in [1.165, 1.54) is 12.1 Å². The lowest BCUT2D eigenvalue weighted by Gasteiger charge is -2.15. The first-order valence-corrected chi connectivity index (χ1v) is 7.55. The molecule has 7 heteroatoms. The van der Waals surface area contributed by atoms with E-state index in [-0.39, 0.29) is 11.8 Å². The molecule has 0 fully saturated rings. The van der Waals surface area contributed by atoms with Gasteiger partial charge < -0.3 is 11.1 Å². The number of anilines is 2. The average molecular weight is 314 g/mol. The zero-order chi connectivity index (χ0) is 16.1. The van der Waals surface area contributed by atoms with Gasteiger partial charge in [0.05, 0.1) is 6.67 Å². The molecule has 0 bridgehead atoms. The second kappa shape index (κ2) is 7.15. The van der Waals surface area contributed by atoms with E-state index in [4.69, 9.17) is 5.73 Å². The molecule has 1 aliphatic heterocycles. The van der Waals surface area contributed by atoms with Crippen molar-refractivity contribution in [2.45, 2.75) is 6.42 Å². The summed E-state index contributed by atoms with van der Waals surface area (Å²) in [5.41, 5.74) is 7.14. The average Bonchev–Trinajstić information content (AvgIpc) is 3.05. The van der Waals surface area contributed by atoms with E-state index in [9.17, 15) is 4.39 Å². The maximum Gasteiger partial charge on any atom is 0.221 e. The van der Waals surface area contributed by atoms with Gasteiger partial charge in [0.2, 0.25) is 5.95 Å². The van der Waals surface area contributed by atoms with E-state index in [1.807, 2.05) is 12.3 Å². The SMILES string of the molecule is Nc1ncc(-c2cccc(F)c2)c(NCCCN2CC=NC2)n1. The molecule has 0 saturated carbocycles. The van der Waals surface area contributed by atoms with E-state index in [1.54, 1.807) is 12.3 Å². The van der Waals surface area contributed by atoms with Gasteiger partial charge in [-0.15, -0.1) is 0 Å². The fourth-order valence-corrected chi connectivity index (χ4v) is 2.47. The molecule has 0 spiro atoms. The normalized spacial score (nSPS) is 14.3. The molecule has 1 aliphatic rings. The molecule has 0 atom stereocenters. The van der Waals surface area contributed by atoms with Crippen LogP contribution in [0.25, 0.3) is 11.1 Å². The molecule has 3 N–H and O–H groups in total. The molecule has 23 heavy (non-hydrogen) atoms. The van der Waals surface area contributed by atoms with Crippen molar-refractivity contribution < 1.29 is 4.39 Å². The van der Waals surface area contributed by atoms with Crippen molar-refractivity contribution in [3.63, 3.8) is 0 Å². The minimum Gasteiger partial charge on any atom is -0.369 e. The first-order valence-electron chi connectivity index (χ1n) is 7.55. The predicted molar refractivity (Wildman–Crippen MR) is 89.9 cm³/mol. The van der Waals surface area contributed by atoms with Crippen LogP contribution in [0.4, 0.5) is 16.2 Å². The molecule has 0 aliphatic carbocycles. The smallest absolute Gasteiger partial charge is 0.221 e. The number of aromatic nitrogens is 2. The van der Waals surface area contributed by atoms with Crippen molar-refractivity contribution in [2.24, 2.45) is 4.99 Å². The number of nitrogen functional groups attached to an aromatic ring is 1. The Bertz CT molecular complexity index is 695. The molecule has 6 nitrogen and oxygen atoms in total. The lowest BCUT2D eigenvalue weighted by molar-refractivity contribution is 0.341. The Morgan fingerprint density at radius 1 is 1.35 bits per heavy atom. The highest BCUT2D eigenvalue weighted by Crippen LogP contribution is 2.26. The summed E-state index contributed by atoms with van der Waals surface area (Å²) in [5, 5.41) is 3.27. The highest BCUT2D eigenvalue weighted by Gasteiger charge is 2.10. The molecule has 1 aromatic heterocycles. The van der Waals surface area contributed by atoms with E-state index in [0.717, 1.165) is 43.9 Å². The molecule has 2 aromatic rings. The lowest BCUT2D eigenvalue weighted by atomic mass is 10.1. The summed E-state index contributed by atoms with van der Waals surface area (Å²) >= 11 is 0. The van der Waals surface area contributed by atoms with Crippen LogP contribution in [0.3, 0.4) is 0 Å². The van der Waals surface area contributed by atoms with E-state index in [0.29, 0.717) is 5.82 Å². The summed E-state index contributed by atoms with van der Waals surface area (Å²) in [4.78, 5) is 14.7. The number of benzene rings is 1. The summed E-state index contributed by atoms with van der Waals surface area (Å²) in [6, 6.07) is 6.36. The fourth-order valence-electron chi connectivity index (χ4n) is 2.47. The third kappa shape index (κ3) is 4.01. The van der Waals surface area contributed by atoms with Gasteiger partial charge in [0.1, 0.15) is 11.6 Å². The molecule has 1 aromatic carbocycles. The maximum absolute atomic E-state index is 13.4. The van der Waals surface area contributed by atoms with Gasteiger partial charge in [-0.1, -0.05) is 12.1 Å². The van der Waals surface area contributed by atoms with Gasteiger partial charge in [0.15, 0.2) is 0 Å². The number of rotatable bonds is 6. The van der Waals surface area contributed by atoms with E-state index in [2.05, 4.69) is 25.2 Å². The molecule has 2 heterocycles. The highest BCUT2D eigenvalue weighted by atomic mass is 19.1. The topological polar surface area (TPSA) is 79.4 Å². The number of nitrogens with zero attached hydrogens (tertiary/aromatic N) is 4. The number of nitrogens with two attached hydrogens (primary N) is 1. The summed E-state index contributed by atoms with van der Waals surface area (Å²) in [5.74, 6) is 0.528. The van der Waals surface area contributed by atoms with Crippen LogP contribution in [0.15, 0.2) is 35.5 Å². The van der Waals surface area contributed by atoms with Crippen molar-refractivity contribution in [1.82, 2.24) is 14.9 Å². The third-order valence-corrected chi connectivity index (χ3v) is 3.64. The van der Waals surface area contributed by atoms with Gasteiger partial charge >= 0.3 is 0 Å². The monoisotopic (exact) mass is 314 g/mol. The van der Waals surface area contributed by atoms with Crippen LogP contribution in [-0.2, 0) is 0 Å². The molecule has 0 saturated heterocycles. The number of hydrogen-bond acceptors (Lipinski definition) is 6. The number of nitrogens with one attached hydrogen (secondary N) is 1. The lowest BCUT2D eigenvalue weighted by Crippen LogP contribution is -2.23. The Morgan fingerprint density at radius 2 is 2.26 bits per heavy atom. The standard InChI is InChI=1S/C16H19FN6/c17-13-4-1-3-12(9-13)14-10-21-16(18)22-15(14)20-5-2-7-23-8-6-19-11-23/h1,3-4,6,9-10H,2,5,7-8,11H2,(H3,18,20,21,22). The second-order valence-electron chi connectivity index (χ2n) is 5.36. The van der Waals surface area contributed by atoms with Crippen LogP contribution in [0.2, 0.25) is 0 Å². The summed E-state index contributed by atoms with van der Waals surface area (Å²) in [7, 11) is 0. The van der Waals surface area contributed by atoms with Gasteiger partial charge in [-0.3, -0.25) is 9.89 Å². The molecule has 120 valence electrons. The number of aliphatic imine (C=N–C) groups is 1. The first kappa shape index (κ1) is 15.4. The van der Waals surface area contributed by atoms with Gasteiger partial charge in [-0.25, -0.2) is 9.37 Å². The van der Waals surface area contributed by atoms with E-state index < -0.39 is 0 Å². The molecule has 0 radical (unpaired) electrons. The largest absolute Gasteiger partial charge is 0.369 e. The van der Waals surface area contributed by atoms with Crippen LogP contribution in [0, 0.1) is 5.82 Å². The minimum atomic E-state index is -0.292. The summed E-state index contributed by atoms with van der Waals surface area (Å²) in [6.45, 7) is 3.39. The molecular weight excluding hydrogens is 295 g/mol. The Balaban J connectivity index is 1.66. The first-order chi connectivity index (χ1) is 11.2. The molecule has 3 rings (SSSR count). The zero-order valence-corrected chi connectivity index (χ0v) is 12.7. The van der Waals surface area contributed by atoms with Crippen LogP contribution >= 0.6 is 0 Å². The van der Waals surface area contributed by atoms with Gasteiger partial charge in [0, 0.05) is 37.6 Å². The van der Waals surface area contributed by atoms with Crippen LogP contribution < -0.4 is 11.1 Å². The number of halogens is 1. The van der Waals surface area contributed by atoms with Crippen molar-refractivity contribution >= 4 is 18.0 Å². The van der Waals surface area contributed by atoms with Crippen molar-refractivity contribution in [2.75, 3.05) is 37.4 Å². The number of hydrogen-bond donors (Lipinski definition) is 2. The highest BCUT2D eigenvalue weighted by molar-refractivity contribution is 5.75. The summed E-state index contributed by atoms with van der Waals surface area (Å²) < 4.78 is 13.4.